The highest BCUT2D eigenvalue weighted by Crippen LogP contribution is 2.60. The second kappa shape index (κ2) is 21.8. The van der Waals surface area contributed by atoms with Crippen molar-refractivity contribution >= 4 is 6.08 Å². The number of nitrogens with one attached hydrogen (secondary N) is 2. The van der Waals surface area contributed by atoms with Crippen LogP contribution in [-0.2, 0) is 38.9 Å². The molecule has 65 heavy (non-hydrogen) atoms. The number of aromatic nitrogens is 1. The lowest BCUT2D eigenvalue weighted by molar-refractivity contribution is 0.101. The molecule has 0 bridgehead atoms. The summed E-state index contributed by atoms with van der Waals surface area (Å²) in [6.45, 7) is 3.11. The average molecular weight is 894 g/mol. The van der Waals surface area contributed by atoms with Crippen LogP contribution in [0.15, 0.2) is 59.0 Å². The van der Waals surface area contributed by atoms with Gasteiger partial charge in [-0.15, -0.1) is 0 Å². The highest BCUT2D eigenvalue weighted by atomic mass is 16.5. The van der Waals surface area contributed by atoms with Crippen LogP contribution in [0.25, 0.3) is 6.08 Å². The largest absolute Gasteiger partial charge is 0.504 e. The van der Waals surface area contributed by atoms with Crippen molar-refractivity contribution in [1.29, 1.82) is 0 Å². The van der Waals surface area contributed by atoms with Crippen molar-refractivity contribution in [3.05, 3.63) is 111 Å². The van der Waals surface area contributed by atoms with Gasteiger partial charge in [0.1, 0.15) is 24.2 Å². The monoisotopic (exact) mass is 894 g/mol. The van der Waals surface area contributed by atoms with Gasteiger partial charge in [-0.1, -0.05) is 68.9 Å². The molecule has 354 valence electrons. The maximum absolute atomic E-state index is 11.5. The van der Waals surface area contributed by atoms with E-state index in [0.29, 0.717) is 42.4 Å². The van der Waals surface area contributed by atoms with Gasteiger partial charge in [0.2, 0.25) is 0 Å². The predicted octanol–water partition coefficient (Wildman–Crippen LogP) is 8.37. The molecule has 0 radical (unpaired) electrons. The third kappa shape index (κ3) is 11.3. The lowest BCUT2D eigenvalue weighted by Gasteiger charge is -2.39. The van der Waals surface area contributed by atoms with Crippen LogP contribution in [0.1, 0.15) is 165 Å². The fourth-order valence-corrected chi connectivity index (χ4v) is 12.2. The molecule has 11 heteroatoms. The van der Waals surface area contributed by atoms with E-state index in [2.05, 4.69) is 16.4 Å². The summed E-state index contributed by atoms with van der Waals surface area (Å²) in [5, 5.41) is 66.4. The van der Waals surface area contributed by atoms with Crippen LogP contribution in [0, 0.1) is 23.2 Å². The topological polar surface area (TPSA) is 198 Å². The number of hydrogen-bond donors (Lipinski definition) is 9. The van der Waals surface area contributed by atoms with E-state index >= 15 is 0 Å². The summed E-state index contributed by atoms with van der Waals surface area (Å²) in [6.07, 6.45) is 19.9. The molecule has 10 N–H and O–H groups in total. The normalized spacial score (nSPS) is 23.5. The van der Waals surface area contributed by atoms with E-state index in [9.17, 15) is 30.6 Å². The number of aromatic hydroxyl groups is 1. The van der Waals surface area contributed by atoms with Gasteiger partial charge in [0.25, 0.3) is 0 Å². The number of aryl methyl sites for hydroxylation is 3. The summed E-state index contributed by atoms with van der Waals surface area (Å²) in [5.41, 5.74) is 14.6. The summed E-state index contributed by atoms with van der Waals surface area (Å²) < 4.78 is 12.4. The molecule has 2 saturated carbocycles. The number of phenolic OH excluding ortho intramolecular Hbond substituents is 1. The maximum Gasteiger partial charge on any atom is 0.161 e. The molecule has 1 spiro atoms. The van der Waals surface area contributed by atoms with Crippen LogP contribution in [0.2, 0.25) is 0 Å². The zero-order chi connectivity index (χ0) is 45.5. The highest BCUT2D eigenvalue weighted by Gasteiger charge is 2.51. The van der Waals surface area contributed by atoms with Crippen molar-refractivity contribution in [2.45, 2.75) is 160 Å². The zero-order valence-electron chi connectivity index (χ0n) is 38.5. The van der Waals surface area contributed by atoms with Crippen LogP contribution in [0.5, 0.6) is 11.5 Å². The Morgan fingerprint density at radius 3 is 2.52 bits per heavy atom. The van der Waals surface area contributed by atoms with Gasteiger partial charge in [-0.2, -0.15) is 0 Å². The molecule has 8 unspecified atom stereocenters. The fraction of sp³-hybridized carbons (Fsp3) is 0.593. The van der Waals surface area contributed by atoms with E-state index in [0.717, 1.165) is 109 Å². The summed E-state index contributed by atoms with van der Waals surface area (Å²) in [4.78, 5) is 3.68. The number of H-pyrrole nitrogens is 1. The number of aliphatic hydroxyl groups excluding tert-OH is 5. The third-order valence-corrected chi connectivity index (χ3v) is 15.6. The average Bonchev–Trinajstić information content (AvgIpc) is 4.13. The van der Waals surface area contributed by atoms with Gasteiger partial charge in [0, 0.05) is 60.8 Å². The molecule has 2 aromatic heterocycles. The predicted molar refractivity (Wildman–Crippen MR) is 253 cm³/mol. The van der Waals surface area contributed by atoms with Gasteiger partial charge in [-0.3, -0.25) is 0 Å². The van der Waals surface area contributed by atoms with Crippen molar-refractivity contribution in [1.82, 2.24) is 10.3 Å². The number of ether oxygens (including phenoxy) is 1. The van der Waals surface area contributed by atoms with Gasteiger partial charge in [0.15, 0.2) is 11.5 Å². The van der Waals surface area contributed by atoms with Gasteiger partial charge in [-0.05, 0) is 140 Å². The van der Waals surface area contributed by atoms with Gasteiger partial charge >= 0.3 is 0 Å². The molecule has 4 aromatic rings. The van der Waals surface area contributed by atoms with E-state index < -0.39 is 18.3 Å². The van der Waals surface area contributed by atoms with Crippen molar-refractivity contribution in [3.8, 4) is 11.5 Å². The number of fused-ring (bicyclic) bond motifs is 4. The fourth-order valence-electron chi connectivity index (χ4n) is 12.2. The Balaban J connectivity index is 0.799. The molecule has 11 nitrogen and oxygen atoms in total. The molecule has 4 aliphatic rings. The smallest absolute Gasteiger partial charge is 0.161 e. The SMILES string of the molecule is CC(O)CNCC1c2cc(C(O)COc3cc(CCc4cc(CO)c(CCCCCCC(N)CC5C=Cc6cc(CO)ccc6C5O)o4)ccc3O)[nH]c2CC2(CCCC2)C2CCCC12. The molecule has 2 aromatic carbocycles. The Hall–Kier alpha value is -3.94. The minimum atomic E-state index is -0.896. The summed E-state index contributed by atoms with van der Waals surface area (Å²) in [7, 11) is 0. The van der Waals surface area contributed by atoms with E-state index in [-0.39, 0.29) is 37.5 Å². The molecular formula is C54H75N3O8. The number of hydrogen-bond acceptors (Lipinski definition) is 10. The first-order valence-electron chi connectivity index (χ1n) is 24.8. The van der Waals surface area contributed by atoms with Crippen LogP contribution in [-0.4, -0.2) is 67.5 Å². The molecule has 0 saturated heterocycles. The lowest BCUT2D eigenvalue weighted by Crippen LogP contribution is -2.36. The van der Waals surface area contributed by atoms with Gasteiger partial charge in [-0.25, -0.2) is 0 Å². The standard InChI is InChI=1S/C54H75N3O8/c1-34(60)29-56-30-45-43-10-8-11-46(43)54(21-6-7-22-54)28-48-44(45)27-47(57-48)50(62)33-64-52-24-35(15-20-49(52)61)13-18-41-26-39(32-59)51(65-41)12-5-3-2-4-9-40(55)25-38-17-16-37-23-36(31-58)14-19-42(37)53(38)63/h14-17,19-20,23-24,26-27,34,38,40,43,45-46,50,53,56-63H,2-13,18,21-22,25,28-33,55H2,1H3. The van der Waals surface area contributed by atoms with E-state index in [1.54, 1.807) is 6.07 Å². The lowest BCUT2D eigenvalue weighted by atomic mass is 9.66. The second-order valence-electron chi connectivity index (χ2n) is 20.2. The molecule has 4 aliphatic carbocycles. The van der Waals surface area contributed by atoms with Crippen LogP contribution < -0.4 is 15.8 Å². The Labute approximate surface area is 385 Å². The second-order valence-corrected chi connectivity index (χ2v) is 20.2. The molecule has 8 rings (SSSR count). The Bertz CT molecular complexity index is 2190. The number of aromatic amines is 1. The van der Waals surface area contributed by atoms with Crippen LogP contribution in [0.3, 0.4) is 0 Å². The first kappa shape index (κ1) is 47.5. The molecule has 0 aliphatic heterocycles. The van der Waals surface area contributed by atoms with Crippen molar-refractivity contribution in [2.24, 2.45) is 28.9 Å². The quantitative estimate of drug-likeness (QED) is 0.0346. The summed E-state index contributed by atoms with van der Waals surface area (Å²) in [6, 6.07) is 15.2. The van der Waals surface area contributed by atoms with Crippen LogP contribution >= 0.6 is 0 Å². The van der Waals surface area contributed by atoms with E-state index in [1.807, 2.05) is 55.5 Å². The van der Waals surface area contributed by atoms with Crippen LogP contribution in [0.4, 0.5) is 0 Å². The Kier molecular flexibility index (Phi) is 15.9. The van der Waals surface area contributed by atoms with E-state index in [4.69, 9.17) is 14.9 Å². The highest BCUT2D eigenvalue weighted by molar-refractivity contribution is 5.59. The number of benzene rings is 2. The van der Waals surface area contributed by atoms with Crippen molar-refractivity contribution in [2.75, 3.05) is 19.7 Å². The maximum atomic E-state index is 11.5. The molecule has 2 heterocycles. The zero-order valence-corrected chi connectivity index (χ0v) is 38.5. The first-order chi connectivity index (χ1) is 31.5. The number of furan rings is 1. The Morgan fingerprint density at radius 2 is 1.72 bits per heavy atom. The molecule has 8 atom stereocenters. The number of nitrogens with two attached hydrogens (primary N) is 1. The van der Waals surface area contributed by atoms with Crippen molar-refractivity contribution < 1.29 is 39.8 Å². The van der Waals surface area contributed by atoms with E-state index in [1.165, 1.54) is 56.2 Å². The molecule has 0 amide bonds. The molecule has 2 fully saturated rings. The van der Waals surface area contributed by atoms with Gasteiger partial charge in [0.05, 0.1) is 25.4 Å². The summed E-state index contributed by atoms with van der Waals surface area (Å²) >= 11 is 0. The summed E-state index contributed by atoms with van der Waals surface area (Å²) in [5.74, 6) is 3.62. The number of unbranched alkanes of at least 4 members (excludes halogenated alkanes) is 3. The van der Waals surface area contributed by atoms with Crippen molar-refractivity contribution in [3.63, 3.8) is 0 Å². The van der Waals surface area contributed by atoms with Gasteiger partial charge < -0.3 is 55.8 Å². The molecular weight excluding hydrogens is 819 g/mol. The number of phenols is 1. The number of aliphatic hydroxyl groups is 5. The number of rotatable bonds is 22. The minimum absolute atomic E-state index is 0.00171. The third-order valence-electron chi connectivity index (χ3n) is 15.6. The minimum Gasteiger partial charge on any atom is -0.504 e. The first-order valence-corrected chi connectivity index (χ1v) is 24.8. The Morgan fingerprint density at radius 1 is 0.908 bits per heavy atom.